The molecule has 2 saturated carbocycles. The van der Waals surface area contributed by atoms with Crippen molar-refractivity contribution in [3.05, 3.63) is 77.0 Å². The number of piperazine rings is 2. The van der Waals surface area contributed by atoms with Gasteiger partial charge in [0.15, 0.2) is 5.82 Å². The molecule has 73 heavy (non-hydrogen) atoms. The molecule has 4 bridgehead atoms. The van der Waals surface area contributed by atoms with Gasteiger partial charge in [-0.25, -0.2) is 22.0 Å². The fraction of sp³-hybridized carbons (Fsp3) is 0.545. The molecule has 1 spiro atoms. The lowest BCUT2D eigenvalue weighted by Gasteiger charge is -2.62. The largest absolute Gasteiger partial charge is 0.508 e. The smallest absolute Gasteiger partial charge is 0.319 e. The van der Waals surface area contributed by atoms with E-state index in [1.54, 1.807) is 18.3 Å². The van der Waals surface area contributed by atoms with Crippen molar-refractivity contribution in [1.29, 1.82) is 0 Å². The maximum absolute atomic E-state index is 17.2. The molecule has 2 aromatic heterocycles. The molecule has 0 radical (unpaired) electrons. The van der Waals surface area contributed by atoms with Gasteiger partial charge in [-0.2, -0.15) is 9.97 Å². The number of alkyl halides is 1. The van der Waals surface area contributed by atoms with Gasteiger partial charge in [-0.15, -0.1) is 0 Å². The van der Waals surface area contributed by atoms with Crippen LogP contribution in [0.5, 0.6) is 11.8 Å². The van der Waals surface area contributed by atoms with Crippen LogP contribution in [0.2, 0.25) is 0 Å². The lowest BCUT2D eigenvalue weighted by molar-refractivity contribution is -0.140. The van der Waals surface area contributed by atoms with Crippen molar-refractivity contribution in [1.82, 2.24) is 35.4 Å². The number of phenolic OH excluding ortho intramolecular Hbond substituents is 1. The first-order valence-electron chi connectivity index (χ1n) is 26.3. The Hall–Kier alpha value is -5.72. The fourth-order valence-electron chi connectivity index (χ4n) is 14.2. The molecule has 5 aromatic rings. The molecule has 14 rings (SSSR count). The van der Waals surface area contributed by atoms with Gasteiger partial charge in [0.2, 0.25) is 11.8 Å². The van der Waals surface area contributed by atoms with Gasteiger partial charge < -0.3 is 29.9 Å². The Balaban J connectivity index is 0.652. The average Bonchev–Trinajstić information content (AvgIpc) is 4.05. The van der Waals surface area contributed by atoms with Gasteiger partial charge in [0.05, 0.1) is 17.9 Å². The van der Waals surface area contributed by atoms with Gasteiger partial charge in [0.1, 0.15) is 45.9 Å². The van der Waals surface area contributed by atoms with Crippen LogP contribution in [0.4, 0.5) is 33.5 Å². The van der Waals surface area contributed by atoms with Crippen LogP contribution in [-0.4, -0.2) is 130 Å². The normalized spacial score (nSPS) is 27.1. The maximum Gasteiger partial charge on any atom is 0.319 e. The molecule has 384 valence electrons. The number of aromatic nitrogens is 3. The first-order valence-corrected chi connectivity index (χ1v) is 26.3. The molecule has 3 aromatic carbocycles. The third kappa shape index (κ3) is 8.33. The number of fused-ring (bicyclic) bond motifs is 6. The van der Waals surface area contributed by atoms with Gasteiger partial charge in [-0.3, -0.25) is 24.8 Å². The molecule has 9 aliphatic rings. The van der Waals surface area contributed by atoms with E-state index < -0.39 is 46.7 Å². The highest BCUT2D eigenvalue weighted by atomic mass is 19.2. The number of pyridine rings is 1. The van der Waals surface area contributed by atoms with Crippen LogP contribution < -0.4 is 25.2 Å². The number of aryl methyl sites for hydroxylation is 1. The molecule has 18 heteroatoms. The lowest BCUT2D eigenvalue weighted by Crippen LogP contribution is -2.72. The Labute approximate surface area is 419 Å². The minimum absolute atomic E-state index is 0.0294. The molecule has 2 aliphatic carbocycles. The van der Waals surface area contributed by atoms with E-state index in [1.807, 2.05) is 11.8 Å². The van der Waals surface area contributed by atoms with Crippen molar-refractivity contribution in [3.8, 4) is 23.0 Å². The number of imide groups is 1. The zero-order chi connectivity index (χ0) is 50.1. The Morgan fingerprint density at radius 2 is 1.58 bits per heavy atom. The fourth-order valence-corrected chi connectivity index (χ4v) is 14.2. The number of nitrogens with one attached hydrogen (secondary N) is 2. The number of likely N-dealkylation sites (tertiary alicyclic amines) is 1. The summed E-state index contributed by atoms with van der Waals surface area (Å²) in [6, 6.07) is 9.33. The molecule has 2 amide bonds. The van der Waals surface area contributed by atoms with Gasteiger partial charge in [0.25, 0.3) is 0 Å². The monoisotopic (exact) mass is 1010 g/mol. The number of carbonyl (C=O) groups excluding carboxylic acids is 2. The van der Waals surface area contributed by atoms with Crippen molar-refractivity contribution in [2.75, 3.05) is 68.8 Å². The number of piperidine rings is 3. The lowest BCUT2D eigenvalue weighted by atomic mass is 9.55. The van der Waals surface area contributed by atoms with Gasteiger partial charge >= 0.3 is 6.01 Å². The summed E-state index contributed by atoms with van der Waals surface area (Å²) in [5, 5.41) is 18.1. The van der Waals surface area contributed by atoms with E-state index in [4.69, 9.17) is 14.7 Å². The second kappa shape index (κ2) is 17.4. The quantitative estimate of drug-likeness (QED) is 0.0830. The summed E-state index contributed by atoms with van der Waals surface area (Å²) in [4.78, 5) is 47.2. The number of aromatic hydroxyl groups is 1. The summed E-state index contributed by atoms with van der Waals surface area (Å²) in [5.74, 6) is -4.39. The maximum atomic E-state index is 17.2. The van der Waals surface area contributed by atoms with E-state index in [2.05, 4.69) is 30.3 Å². The molecule has 9 heterocycles. The number of anilines is 2. The summed E-state index contributed by atoms with van der Waals surface area (Å²) in [5.41, 5.74) is -0.597. The number of nitrogens with zero attached hydrogens (tertiary/aromatic N) is 7. The average molecular weight is 1010 g/mol. The summed E-state index contributed by atoms with van der Waals surface area (Å²) in [6.45, 7) is 7.61. The Morgan fingerprint density at radius 1 is 0.849 bits per heavy atom. The second-order valence-electron chi connectivity index (χ2n) is 23.0. The van der Waals surface area contributed by atoms with Gasteiger partial charge in [0, 0.05) is 98.3 Å². The number of phenols is 1. The Morgan fingerprint density at radius 3 is 2.26 bits per heavy atom. The van der Waals surface area contributed by atoms with Crippen molar-refractivity contribution in [2.24, 2.45) is 10.8 Å². The van der Waals surface area contributed by atoms with Crippen molar-refractivity contribution in [3.63, 3.8) is 0 Å². The van der Waals surface area contributed by atoms with Crippen LogP contribution >= 0.6 is 0 Å². The number of hydrogen-bond donors (Lipinski definition) is 3. The third-order valence-corrected chi connectivity index (χ3v) is 18.1. The molecular weight excluding hydrogens is 946 g/mol. The molecule has 13 nitrogen and oxygen atoms in total. The number of ether oxygens (including phenoxy) is 1. The van der Waals surface area contributed by atoms with Crippen LogP contribution in [-0.2, 0) is 16.0 Å². The Kier molecular flexibility index (Phi) is 11.2. The number of halogens is 5. The first kappa shape index (κ1) is 47.0. The number of hydrogen-bond acceptors (Lipinski definition) is 12. The molecule has 7 aliphatic heterocycles. The molecule has 7 saturated heterocycles. The van der Waals surface area contributed by atoms with Crippen LogP contribution in [0.15, 0.2) is 42.6 Å². The van der Waals surface area contributed by atoms with Crippen molar-refractivity contribution >= 4 is 45.0 Å². The van der Waals surface area contributed by atoms with Crippen LogP contribution in [0.3, 0.4) is 0 Å². The van der Waals surface area contributed by atoms with E-state index >= 15 is 22.0 Å². The highest BCUT2D eigenvalue weighted by Crippen LogP contribution is 2.58. The Bertz CT molecular complexity index is 3040. The van der Waals surface area contributed by atoms with E-state index in [9.17, 15) is 14.7 Å². The van der Waals surface area contributed by atoms with Crippen LogP contribution in [0.1, 0.15) is 94.6 Å². The number of amides is 2. The van der Waals surface area contributed by atoms with E-state index in [-0.39, 0.29) is 81.9 Å². The van der Waals surface area contributed by atoms with E-state index in [0.29, 0.717) is 91.8 Å². The predicted molar refractivity (Wildman–Crippen MR) is 264 cm³/mol. The van der Waals surface area contributed by atoms with E-state index in [0.717, 1.165) is 64.6 Å². The minimum Gasteiger partial charge on any atom is -0.508 e. The van der Waals surface area contributed by atoms with Crippen molar-refractivity contribution in [2.45, 2.75) is 120 Å². The highest BCUT2D eigenvalue weighted by molar-refractivity contribution is 6.02. The summed E-state index contributed by atoms with van der Waals surface area (Å²) >= 11 is 0. The van der Waals surface area contributed by atoms with Crippen LogP contribution in [0, 0.1) is 34.1 Å². The highest BCUT2D eigenvalue weighted by Gasteiger charge is 2.59. The van der Waals surface area contributed by atoms with Gasteiger partial charge in [-0.1, -0.05) is 13.0 Å². The minimum atomic E-state index is -1.28. The topological polar surface area (TPSA) is 139 Å². The zero-order valence-corrected chi connectivity index (χ0v) is 41.0. The summed E-state index contributed by atoms with van der Waals surface area (Å²) in [7, 11) is 0. The van der Waals surface area contributed by atoms with Crippen molar-refractivity contribution < 1.29 is 41.4 Å². The number of carbonyl (C=O) groups is 2. The SMILES string of the molecule is CCc1c(F)ccc2cc(O)cc(-c3ncc4c(N5CC6CCC(C5)N6)nc(OCC5(CN6CCC7(CC6)CC(F)(CN6C8CC6CN(c6cc(F)c(C9CCC(=O)NC9=O)c(F)c6)C8)C7)CC5)nc4c3F)c12. The molecular formula is C55H60F5N9O4. The molecule has 9 fully saturated rings. The second-order valence-corrected chi connectivity index (χ2v) is 23.0. The summed E-state index contributed by atoms with van der Waals surface area (Å²) in [6.07, 6.45) is 9.89. The molecule has 5 unspecified atom stereocenters. The van der Waals surface area contributed by atoms with E-state index in [1.165, 1.54) is 24.3 Å². The van der Waals surface area contributed by atoms with Crippen LogP contribution in [0.25, 0.3) is 32.9 Å². The van der Waals surface area contributed by atoms with Gasteiger partial charge in [-0.05, 0) is 136 Å². The standard InChI is InChI=1S/C55H60F5N9O4/c1-2-37-41(56)7-3-30-15-36(70)19-39(45(30)37)48-47(59)49-40(20-61-48)50(68-21-31-4-5-32(22-68)62-31)65-52(64-49)73-29-54(9-10-54)27-66-13-11-53(12-14-66)25-55(60,26-53)28-69-34-16-35(69)24-67(23-34)33-17-42(57)46(43(58)18-33)38-6-8-44(71)63-51(38)72/h3,7,15,17-20,31-32,34-35,38,62,70H,2,4-6,8-14,16,21-29H2,1H3,(H,63,71,72). The molecule has 3 N–H and O–H groups in total. The third-order valence-electron chi connectivity index (χ3n) is 18.1. The molecule has 5 atom stereocenters. The zero-order valence-electron chi connectivity index (χ0n) is 41.0. The predicted octanol–water partition coefficient (Wildman–Crippen LogP) is 7.84. The first-order chi connectivity index (χ1) is 35.1. The number of benzene rings is 3. The summed E-state index contributed by atoms with van der Waals surface area (Å²) < 4.78 is 86.3. The number of rotatable bonds is 12.